The van der Waals surface area contributed by atoms with E-state index >= 15 is 0 Å². The Morgan fingerprint density at radius 1 is 0.727 bits per heavy atom. The molecule has 0 unspecified atom stereocenters. The molecule has 4 aromatic carbocycles. The average molecular weight is 475 g/mol. The summed E-state index contributed by atoms with van der Waals surface area (Å²) in [6.07, 6.45) is 0. The lowest BCUT2D eigenvalue weighted by molar-refractivity contribution is 0.102. The molecule has 33 heavy (non-hydrogen) atoms. The van der Waals surface area contributed by atoms with Crippen molar-refractivity contribution in [2.24, 2.45) is 0 Å². The van der Waals surface area contributed by atoms with Crippen molar-refractivity contribution in [1.29, 1.82) is 0 Å². The van der Waals surface area contributed by atoms with Crippen LogP contribution in [-0.2, 0) is 15.8 Å². The Kier molecular flexibility index (Phi) is 7.12. The van der Waals surface area contributed by atoms with Crippen LogP contribution < -0.4 is 10.0 Å². The van der Waals surface area contributed by atoms with Gasteiger partial charge < -0.3 is 5.32 Å². The van der Waals surface area contributed by atoms with E-state index in [0.717, 1.165) is 11.3 Å². The van der Waals surface area contributed by atoms with Crippen LogP contribution in [0.4, 0.5) is 11.4 Å². The lowest BCUT2D eigenvalue weighted by Crippen LogP contribution is -2.15. The van der Waals surface area contributed by atoms with Crippen molar-refractivity contribution >= 4 is 39.1 Å². The number of anilines is 2. The summed E-state index contributed by atoms with van der Waals surface area (Å²) >= 11 is 1.75. The molecule has 0 radical (unpaired) electrons. The molecule has 7 heteroatoms. The second-order valence-electron chi connectivity index (χ2n) is 7.25. The van der Waals surface area contributed by atoms with E-state index in [2.05, 4.69) is 22.2 Å². The quantitative estimate of drug-likeness (QED) is 0.306. The van der Waals surface area contributed by atoms with E-state index in [0.29, 0.717) is 16.9 Å². The lowest BCUT2D eigenvalue weighted by Gasteiger charge is -2.10. The van der Waals surface area contributed by atoms with E-state index in [1.54, 1.807) is 48.2 Å². The van der Waals surface area contributed by atoms with E-state index in [1.165, 1.54) is 23.1 Å². The zero-order chi connectivity index (χ0) is 23.1. The topological polar surface area (TPSA) is 75.3 Å². The molecule has 2 N–H and O–H groups in total. The Morgan fingerprint density at radius 2 is 1.39 bits per heavy atom. The van der Waals surface area contributed by atoms with Crippen molar-refractivity contribution in [2.45, 2.75) is 15.5 Å². The standard InChI is InChI=1S/C26H22N2O3S2/c29-26(27-22-16-14-20(15-17-22)19-32-24-10-3-1-4-11-24)21-8-7-9-23(18-21)28-33(30,31)25-12-5-2-6-13-25/h1-18,28H,19H2,(H,27,29). The van der Waals surface area contributed by atoms with Gasteiger partial charge in [-0.1, -0.05) is 54.6 Å². The number of sulfonamides is 1. The molecule has 4 rings (SSSR count). The Balaban J connectivity index is 1.38. The maximum atomic E-state index is 12.7. The first kappa shape index (κ1) is 22.6. The largest absolute Gasteiger partial charge is 0.322 e. The Morgan fingerprint density at radius 3 is 2.09 bits per heavy atom. The summed E-state index contributed by atoms with van der Waals surface area (Å²) in [6, 6.07) is 32.4. The third kappa shape index (κ3) is 6.25. The van der Waals surface area contributed by atoms with Crippen molar-refractivity contribution in [3.05, 3.63) is 120 Å². The molecule has 0 saturated carbocycles. The van der Waals surface area contributed by atoms with Crippen LogP contribution in [0.1, 0.15) is 15.9 Å². The highest BCUT2D eigenvalue weighted by atomic mass is 32.2. The monoisotopic (exact) mass is 474 g/mol. The fourth-order valence-electron chi connectivity index (χ4n) is 3.11. The van der Waals surface area contributed by atoms with Crippen LogP contribution in [0.2, 0.25) is 0 Å². The highest BCUT2D eigenvalue weighted by Gasteiger charge is 2.14. The first-order valence-electron chi connectivity index (χ1n) is 10.3. The zero-order valence-electron chi connectivity index (χ0n) is 17.6. The van der Waals surface area contributed by atoms with Gasteiger partial charge in [0.1, 0.15) is 0 Å². The van der Waals surface area contributed by atoms with Crippen molar-refractivity contribution in [3.8, 4) is 0 Å². The van der Waals surface area contributed by atoms with Crippen LogP contribution in [-0.4, -0.2) is 14.3 Å². The number of hydrogen-bond donors (Lipinski definition) is 2. The van der Waals surface area contributed by atoms with Gasteiger partial charge in [-0.3, -0.25) is 9.52 Å². The highest BCUT2D eigenvalue weighted by molar-refractivity contribution is 7.98. The lowest BCUT2D eigenvalue weighted by atomic mass is 10.1. The normalized spacial score (nSPS) is 11.0. The number of thioether (sulfide) groups is 1. The molecule has 0 heterocycles. The molecule has 0 saturated heterocycles. The van der Waals surface area contributed by atoms with Crippen molar-refractivity contribution in [2.75, 3.05) is 10.0 Å². The predicted molar refractivity (Wildman–Crippen MR) is 134 cm³/mol. The number of carbonyl (C=O) groups is 1. The first-order chi connectivity index (χ1) is 16.0. The third-order valence-electron chi connectivity index (χ3n) is 4.79. The number of rotatable bonds is 8. The van der Waals surface area contributed by atoms with Gasteiger partial charge in [-0.05, 0) is 60.2 Å². The van der Waals surface area contributed by atoms with Gasteiger partial charge in [0.2, 0.25) is 0 Å². The highest BCUT2D eigenvalue weighted by Crippen LogP contribution is 2.23. The van der Waals surface area contributed by atoms with Crippen LogP contribution >= 0.6 is 11.8 Å². The summed E-state index contributed by atoms with van der Waals surface area (Å²) in [4.78, 5) is 14.1. The Hall–Kier alpha value is -3.55. The third-order valence-corrected chi connectivity index (χ3v) is 7.27. The average Bonchev–Trinajstić information content (AvgIpc) is 2.85. The molecule has 166 valence electrons. The second kappa shape index (κ2) is 10.4. The molecule has 5 nitrogen and oxygen atoms in total. The van der Waals surface area contributed by atoms with Crippen molar-refractivity contribution in [3.63, 3.8) is 0 Å². The van der Waals surface area contributed by atoms with Gasteiger partial charge in [0.15, 0.2) is 0 Å². The smallest absolute Gasteiger partial charge is 0.261 e. The number of carbonyl (C=O) groups excluding carboxylic acids is 1. The van der Waals surface area contributed by atoms with E-state index < -0.39 is 10.0 Å². The molecule has 0 aliphatic heterocycles. The molecule has 0 fully saturated rings. The minimum Gasteiger partial charge on any atom is -0.322 e. The molecule has 0 aliphatic rings. The number of benzene rings is 4. The summed E-state index contributed by atoms with van der Waals surface area (Å²) in [5.41, 5.74) is 2.50. The predicted octanol–water partition coefficient (Wildman–Crippen LogP) is 6.03. The second-order valence-corrected chi connectivity index (χ2v) is 9.98. The Bertz CT molecular complexity index is 1330. The van der Waals surface area contributed by atoms with Crippen LogP contribution in [0.25, 0.3) is 0 Å². The molecule has 1 amide bonds. The fraction of sp³-hybridized carbons (Fsp3) is 0.0385. The van der Waals surface area contributed by atoms with Gasteiger partial charge in [0.25, 0.3) is 15.9 Å². The van der Waals surface area contributed by atoms with E-state index in [1.807, 2.05) is 42.5 Å². The minimum absolute atomic E-state index is 0.158. The minimum atomic E-state index is -3.73. The summed E-state index contributed by atoms with van der Waals surface area (Å²) in [6.45, 7) is 0. The van der Waals surface area contributed by atoms with Crippen LogP contribution in [0.3, 0.4) is 0 Å². The number of amides is 1. The first-order valence-corrected chi connectivity index (χ1v) is 12.7. The molecular weight excluding hydrogens is 452 g/mol. The van der Waals surface area contributed by atoms with E-state index in [9.17, 15) is 13.2 Å². The van der Waals surface area contributed by atoms with Gasteiger partial charge in [0, 0.05) is 27.6 Å². The van der Waals surface area contributed by atoms with Gasteiger partial charge in [0.05, 0.1) is 4.90 Å². The SMILES string of the molecule is O=C(Nc1ccc(CSc2ccccc2)cc1)c1cccc(NS(=O)(=O)c2ccccc2)c1. The van der Waals surface area contributed by atoms with Gasteiger partial charge in [-0.15, -0.1) is 11.8 Å². The van der Waals surface area contributed by atoms with Gasteiger partial charge >= 0.3 is 0 Å². The van der Waals surface area contributed by atoms with Gasteiger partial charge in [-0.25, -0.2) is 8.42 Å². The number of hydrogen-bond acceptors (Lipinski definition) is 4. The summed E-state index contributed by atoms with van der Waals surface area (Å²) in [5.74, 6) is 0.518. The summed E-state index contributed by atoms with van der Waals surface area (Å²) in [7, 11) is -3.73. The van der Waals surface area contributed by atoms with Crippen LogP contribution in [0, 0.1) is 0 Å². The van der Waals surface area contributed by atoms with E-state index in [4.69, 9.17) is 0 Å². The number of nitrogens with one attached hydrogen (secondary N) is 2. The summed E-state index contributed by atoms with van der Waals surface area (Å²) < 4.78 is 27.6. The fourth-order valence-corrected chi connectivity index (χ4v) is 5.05. The van der Waals surface area contributed by atoms with Crippen molar-refractivity contribution in [1.82, 2.24) is 0 Å². The van der Waals surface area contributed by atoms with Gasteiger partial charge in [-0.2, -0.15) is 0 Å². The van der Waals surface area contributed by atoms with E-state index in [-0.39, 0.29) is 10.8 Å². The maximum absolute atomic E-state index is 12.7. The molecule has 0 atom stereocenters. The summed E-state index contributed by atoms with van der Waals surface area (Å²) in [5, 5.41) is 2.86. The van der Waals surface area contributed by atoms with Crippen LogP contribution in [0.5, 0.6) is 0 Å². The van der Waals surface area contributed by atoms with Crippen molar-refractivity contribution < 1.29 is 13.2 Å². The molecular formula is C26H22N2O3S2. The molecule has 0 spiro atoms. The van der Waals surface area contributed by atoms with Crippen LogP contribution in [0.15, 0.2) is 119 Å². The molecule has 0 aliphatic carbocycles. The molecule has 0 bridgehead atoms. The zero-order valence-corrected chi connectivity index (χ0v) is 19.3. The molecule has 4 aromatic rings. The molecule has 0 aromatic heterocycles. The maximum Gasteiger partial charge on any atom is 0.261 e. The Labute approximate surface area is 197 Å².